The Morgan fingerprint density at radius 1 is 1.11 bits per heavy atom. The number of rotatable bonds is 5. The van der Waals surface area contributed by atoms with Crippen molar-refractivity contribution in [1.29, 1.82) is 0 Å². The maximum Gasteiger partial charge on any atom is 0.414 e. The molecule has 0 aliphatic carbocycles. The molecule has 2 aliphatic heterocycles. The van der Waals surface area contributed by atoms with E-state index in [4.69, 9.17) is 21.7 Å². The summed E-state index contributed by atoms with van der Waals surface area (Å²) in [5.41, 5.74) is 2.47. The summed E-state index contributed by atoms with van der Waals surface area (Å²) in [6.07, 6.45) is 2.42. The highest BCUT2D eigenvalue weighted by molar-refractivity contribution is 7.80. The Bertz CT molecular complexity index is 1280. The van der Waals surface area contributed by atoms with Gasteiger partial charge in [0.1, 0.15) is 17.6 Å². The smallest absolute Gasteiger partial charge is 0.414 e. The summed E-state index contributed by atoms with van der Waals surface area (Å²) in [6.45, 7) is 3.13. The van der Waals surface area contributed by atoms with Crippen LogP contribution in [0.15, 0.2) is 48.8 Å². The van der Waals surface area contributed by atoms with Crippen molar-refractivity contribution in [3.05, 3.63) is 54.5 Å². The van der Waals surface area contributed by atoms with Crippen LogP contribution in [0.25, 0.3) is 11.0 Å². The third-order valence-corrected chi connectivity index (χ3v) is 6.45. The highest BCUT2D eigenvalue weighted by Gasteiger charge is 2.33. The second-order valence-corrected chi connectivity index (χ2v) is 8.76. The van der Waals surface area contributed by atoms with Crippen LogP contribution in [0.3, 0.4) is 0 Å². The highest BCUT2D eigenvalue weighted by Crippen LogP contribution is 2.23. The molecule has 4 heterocycles. The molecule has 2 aromatic heterocycles. The number of aromatic nitrogens is 3. The Hall–Kier alpha value is -4.06. The monoisotopic (exact) mass is 507 g/mol. The van der Waals surface area contributed by atoms with Gasteiger partial charge in [0.05, 0.1) is 49.3 Å². The standard InChI is InChI=1S/C24H25N7O4S/c1-34-23(36)27-13-17-15-31(24(33)35-17)16-6-7-21(26-12-16)29-8-10-30(11-9-29)22(32)20-14-25-18-4-2-3-5-19(18)28-20/h2-7,12,14,17H,8-11,13,15H2,1H3,(H,27,36)/t17-/m0/s1. The number of anilines is 2. The summed E-state index contributed by atoms with van der Waals surface area (Å²) < 4.78 is 10.3. The number of fused-ring (bicyclic) bond motifs is 1. The van der Waals surface area contributed by atoms with E-state index in [0.717, 1.165) is 11.3 Å². The van der Waals surface area contributed by atoms with Crippen molar-refractivity contribution in [3.63, 3.8) is 0 Å². The number of hydrogen-bond acceptors (Lipinski definition) is 9. The average Bonchev–Trinajstić information content (AvgIpc) is 3.31. The number of cyclic esters (lactones) is 1. The lowest BCUT2D eigenvalue weighted by Gasteiger charge is -2.35. The van der Waals surface area contributed by atoms with Gasteiger partial charge in [-0.15, -0.1) is 0 Å². The average molecular weight is 508 g/mol. The number of ether oxygens (including phenoxy) is 2. The molecule has 11 nitrogen and oxygen atoms in total. The number of amides is 2. The van der Waals surface area contributed by atoms with E-state index >= 15 is 0 Å². The van der Waals surface area contributed by atoms with E-state index in [2.05, 4.69) is 25.2 Å². The van der Waals surface area contributed by atoms with Gasteiger partial charge in [-0.2, -0.15) is 0 Å². The molecule has 0 bridgehead atoms. The molecule has 2 aliphatic rings. The van der Waals surface area contributed by atoms with Gasteiger partial charge in [-0.05, 0) is 36.5 Å². The van der Waals surface area contributed by atoms with E-state index < -0.39 is 6.09 Å². The van der Waals surface area contributed by atoms with Gasteiger partial charge in [-0.1, -0.05) is 12.1 Å². The van der Waals surface area contributed by atoms with Crippen LogP contribution in [0.4, 0.5) is 16.3 Å². The summed E-state index contributed by atoms with van der Waals surface area (Å²) in [7, 11) is 1.48. The van der Waals surface area contributed by atoms with Gasteiger partial charge in [0.25, 0.3) is 11.1 Å². The first-order valence-corrected chi connectivity index (χ1v) is 11.9. The van der Waals surface area contributed by atoms with E-state index in [1.54, 1.807) is 16.0 Å². The Balaban J connectivity index is 1.16. The number of piperazine rings is 1. The molecule has 0 radical (unpaired) electrons. The zero-order valence-corrected chi connectivity index (χ0v) is 20.5. The summed E-state index contributed by atoms with van der Waals surface area (Å²) in [4.78, 5) is 44.1. The van der Waals surface area contributed by atoms with Crippen molar-refractivity contribution in [2.24, 2.45) is 0 Å². The van der Waals surface area contributed by atoms with Crippen molar-refractivity contribution in [2.75, 3.05) is 56.2 Å². The Labute approximate surface area is 213 Å². The molecule has 0 saturated carbocycles. The Kier molecular flexibility index (Phi) is 6.76. The number of nitrogens with one attached hydrogen (secondary N) is 1. The molecule has 1 aromatic carbocycles. The molecule has 36 heavy (non-hydrogen) atoms. The fourth-order valence-electron chi connectivity index (χ4n) is 4.19. The zero-order chi connectivity index (χ0) is 25.1. The summed E-state index contributed by atoms with van der Waals surface area (Å²) in [6, 6.07) is 11.2. The fraction of sp³-hybridized carbons (Fsp3) is 0.333. The molecule has 2 saturated heterocycles. The molecule has 5 rings (SSSR count). The quantitative estimate of drug-likeness (QED) is 0.513. The second kappa shape index (κ2) is 10.3. The number of para-hydroxylation sites is 2. The van der Waals surface area contributed by atoms with Crippen LogP contribution in [0.1, 0.15) is 10.5 Å². The van der Waals surface area contributed by atoms with E-state index in [0.29, 0.717) is 56.2 Å². The molecular formula is C24H25N7O4S. The predicted octanol–water partition coefficient (Wildman–Crippen LogP) is 1.83. The minimum absolute atomic E-state index is 0.126. The number of benzene rings is 1. The van der Waals surface area contributed by atoms with E-state index in [9.17, 15) is 9.59 Å². The summed E-state index contributed by atoms with van der Waals surface area (Å²) in [5.74, 6) is 0.659. The number of pyridine rings is 1. The number of thiocarbonyl (C=S) groups is 1. The number of hydrogen-bond donors (Lipinski definition) is 1. The fourth-order valence-corrected chi connectivity index (χ4v) is 4.28. The van der Waals surface area contributed by atoms with E-state index in [-0.39, 0.29) is 17.2 Å². The molecule has 0 unspecified atom stereocenters. The van der Waals surface area contributed by atoms with Gasteiger partial charge >= 0.3 is 6.09 Å². The van der Waals surface area contributed by atoms with Gasteiger partial charge in [0.2, 0.25) is 0 Å². The largest absolute Gasteiger partial charge is 0.474 e. The van der Waals surface area contributed by atoms with E-state index in [1.807, 2.05) is 36.4 Å². The van der Waals surface area contributed by atoms with Crippen molar-refractivity contribution in [1.82, 2.24) is 25.2 Å². The van der Waals surface area contributed by atoms with Crippen molar-refractivity contribution in [2.45, 2.75) is 6.10 Å². The van der Waals surface area contributed by atoms with Crippen LogP contribution in [-0.4, -0.2) is 89.5 Å². The summed E-state index contributed by atoms with van der Waals surface area (Å²) in [5, 5.41) is 3.15. The van der Waals surface area contributed by atoms with Crippen molar-refractivity contribution in [3.8, 4) is 0 Å². The van der Waals surface area contributed by atoms with Crippen LogP contribution in [0.5, 0.6) is 0 Å². The highest BCUT2D eigenvalue weighted by atomic mass is 32.1. The first-order chi connectivity index (χ1) is 17.5. The van der Waals surface area contributed by atoms with Crippen LogP contribution in [-0.2, 0) is 9.47 Å². The van der Waals surface area contributed by atoms with Crippen LogP contribution in [0, 0.1) is 0 Å². The Morgan fingerprint density at radius 3 is 2.61 bits per heavy atom. The lowest BCUT2D eigenvalue weighted by molar-refractivity contribution is 0.0740. The number of carbonyl (C=O) groups excluding carboxylic acids is 2. The number of methoxy groups -OCH3 is 1. The maximum absolute atomic E-state index is 13.0. The molecule has 186 valence electrons. The number of carbonyl (C=O) groups is 2. The van der Waals surface area contributed by atoms with Gasteiger partial charge in [0.15, 0.2) is 0 Å². The van der Waals surface area contributed by atoms with Crippen molar-refractivity contribution < 1.29 is 19.1 Å². The third kappa shape index (κ3) is 4.98. The van der Waals surface area contributed by atoms with Gasteiger partial charge in [0, 0.05) is 26.2 Å². The lowest BCUT2D eigenvalue weighted by Crippen LogP contribution is -2.49. The Morgan fingerprint density at radius 2 is 1.89 bits per heavy atom. The molecule has 1 N–H and O–H groups in total. The van der Waals surface area contributed by atoms with Crippen LogP contribution in [0.2, 0.25) is 0 Å². The number of nitrogens with zero attached hydrogens (tertiary/aromatic N) is 6. The second-order valence-electron chi connectivity index (χ2n) is 8.39. The van der Waals surface area contributed by atoms with Crippen molar-refractivity contribution >= 4 is 51.9 Å². The van der Waals surface area contributed by atoms with Crippen LogP contribution < -0.4 is 15.1 Å². The first-order valence-electron chi connectivity index (χ1n) is 11.5. The molecule has 0 spiro atoms. The molecular weight excluding hydrogens is 482 g/mol. The minimum atomic E-state index is -0.427. The topological polar surface area (TPSA) is 113 Å². The normalized spacial score (nSPS) is 17.8. The zero-order valence-electron chi connectivity index (χ0n) is 19.7. The minimum Gasteiger partial charge on any atom is -0.474 e. The lowest BCUT2D eigenvalue weighted by atomic mass is 10.2. The molecule has 2 fully saturated rings. The van der Waals surface area contributed by atoms with Crippen LogP contribution >= 0.6 is 12.2 Å². The first kappa shape index (κ1) is 23.7. The summed E-state index contributed by atoms with van der Waals surface area (Å²) >= 11 is 4.95. The van der Waals surface area contributed by atoms with E-state index in [1.165, 1.54) is 13.3 Å². The predicted molar refractivity (Wildman–Crippen MR) is 137 cm³/mol. The van der Waals surface area contributed by atoms with Gasteiger partial charge in [-0.3, -0.25) is 14.7 Å². The maximum atomic E-state index is 13.0. The molecule has 1 atom stereocenters. The molecule has 3 aromatic rings. The van der Waals surface area contributed by atoms with Gasteiger partial charge in [-0.25, -0.2) is 14.8 Å². The SMILES string of the molecule is COC(=S)NC[C@H]1CN(c2ccc(N3CCN(C(=O)c4cnc5ccccc5n4)CC3)nc2)C(=O)O1. The molecule has 12 heteroatoms. The van der Waals surface area contributed by atoms with Gasteiger partial charge < -0.3 is 24.6 Å². The molecule has 2 amide bonds. The third-order valence-electron chi connectivity index (χ3n) is 6.14.